The van der Waals surface area contributed by atoms with Gasteiger partial charge in [-0.3, -0.25) is 4.79 Å². The van der Waals surface area contributed by atoms with Gasteiger partial charge in [0.15, 0.2) is 12.4 Å². The number of nitrogens with zero attached hydrogens (tertiary/aromatic N) is 1. The van der Waals surface area contributed by atoms with Crippen LogP contribution < -0.4 is 4.74 Å². The number of carbonyl (C=O) groups excluding carboxylic acids is 2. The van der Waals surface area contributed by atoms with Gasteiger partial charge in [0.2, 0.25) is 0 Å². The standard InChI is InChI=1S/C27H22ClNO4/c1-16-4-6-18(7-5-16)24-14-22(21-12-13-23(28)17(2)26(21)29-24)27(31)33-15-25(30)19-8-10-20(32-3)11-9-19/h4-14H,15H2,1-3H3. The third kappa shape index (κ3) is 4.73. The summed E-state index contributed by atoms with van der Waals surface area (Å²) in [5.41, 5.74) is 4.77. The fourth-order valence-electron chi connectivity index (χ4n) is 3.51. The van der Waals surface area contributed by atoms with Crippen LogP contribution in [0, 0.1) is 13.8 Å². The van der Waals surface area contributed by atoms with Crippen molar-refractivity contribution in [1.82, 2.24) is 4.98 Å². The van der Waals surface area contributed by atoms with Gasteiger partial charge < -0.3 is 9.47 Å². The van der Waals surface area contributed by atoms with Crippen LogP contribution in [0.4, 0.5) is 0 Å². The van der Waals surface area contributed by atoms with Gasteiger partial charge in [0.1, 0.15) is 5.75 Å². The van der Waals surface area contributed by atoms with Crippen LogP contribution in [0.3, 0.4) is 0 Å². The molecule has 33 heavy (non-hydrogen) atoms. The number of ketones is 1. The summed E-state index contributed by atoms with van der Waals surface area (Å²) >= 11 is 6.32. The first kappa shape index (κ1) is 22.5. The first-order chi connectivity index (χ1) is 15.9. The fraction of sp³-hybridized carbons (Fsp3) is 0.148. The van der Waals surface area contributed by atoms with E-state index in [0.717, 1.165) is 16.7 Å². The van der Waals surface area contributed by atoms with Gasteiger partial charge in [-0.25, -0.2) is 9.78 Å². The number of benzene rings is 3. The molecule has 0 bridgehead atoms. The number of halogens is 1. The van der Waals surface area contributed by atoms with Crippen LogP contribution >= 0.6 is 11.6 Å². The number of pyridine rings is 1. The minimum atomic E-state index is -0.598. The fourth-order valence-corrected chi connectivity index (χ4v) is 3.67. The molecule has 0 N–H and O–H groups in total. The highest BCUT2D eigenvalue weighted by atomic mass is 35.5. The zero-order valence-electron chi connectivity index (χ0n) is 18.5. The van der Waals surface area contributed by atoms with Crippen molar-refractivity contribution in [2.24, 2.45) is 0 Å². The van der Waals surface area contributed by atoms with Gasteiger partial charge in [0, 0.05) is 21.5 Å². The van der Waals surface area contributed by atoms with Crippen molar-refractivity contribution in [2.75, 3.05) is 13.7 Å². The summed E-state index contributed by atoms with van der Waals surface area (Å²) in [6.07, 6.45) is 0. The molecule has 0 unspecified atom stereocenters. The van der Waals surface area contributed by atoms with Crippen molar-refractivity contribution < 1.29 is 19.1 Å². The van der Waals surface area contributed by atoms with E-state index in [9.17, 15) is 9.59 Å². The van der Waals surface area contributed by atoms with Crippen LogP contribution in [0.25, 0.3) is 22.2 Å². The molecule has 0 atom stereocenters. The SMILES string of the molecule is COc1ccc(C(=O)COC(=O)c2cc(-c3ccc(C)cc3)nc3c(C)c(Cl)ccc23)cc1. The second-order valence-corrected chi connectivity index (χ2v) is 8.12. The number of methoxy groups -OCH3 is 1. The molecule has 166 valence electrons. The predicted molar refractivity (Wildman–Crippen MR) is 129 cm³/mol. The van der Waals surface area contributed by atoms with Crippen LogP contribution in [0.15, 0.2) is 66.7 Å². The summed E-state index contributed by atoms with van der Waals surface area (Å²) in [7, 11) is 1.55. The Balaban J connectivity index is 1.67. The Bertz CT molecular complexity index is 1350. The van der Waals surface area contributed by atoms with Crippen molar-refractivity contribution in [3.8, 4) is 17.0 Å². The van der Waals surface area contributed by atoms with Crippen LogP contribution in [0.5, 0.6) is 5.75 Å². The summed E-state index contributed by atoms with van der Waals surface area (Å²) in [6, 6.07) is 19.7. The minimum absolute atomic E-state index is 0.303. The third-order valence-corrected chi connectivity index (χ3v) is 5.89. The van der Waals surface area contributed by atoms with Crippen molar-refractivity contribution in [3.63, 3.8) is 0 Å². The Labute approximate surface area is 196 Å². The van der Waals surface area contributed by atoms with Crippen LogP contribution in [0.2, 0.25) is 5.02 Å². The molecular formula is C27H22ClNO4. The first-order valence-electron chi connectivity index (χ1n) is 10.4. The van der Waals surface area contributed by atoms with Crippen LogP contribution in [-0.2, 0) is 4.74 Å². The predicted octanol–water partition coefficient (Wildman–Crippen LogP) is 6.22. The van der Waals surface area contributed by atoms with Gasteiger partial charge in [0.05, 0.1) is 23.9 Å². The Hall–Kier alpha value is -3.70. The molecule has 0 saturated carbocycles. The number of carbonyl (C=O) groups is 2. The Morgan fingerprint density at radius 1 is 0.939 bits per heavy atom. The number of hydrogen-bond donors (Lipinski definition) is 0. The molecule has 1 heterocycles. The maximum absolute atomic E-state index is 13.1. The molecule has 3 aromatic carbocycles. The normalized spacial score (nSPS) is 10.8. The quantitative estimate of drug-likeness (QED) is 0.253. The lowest BCUT2D eigenvalue weighted by Gasteiger charge is -2.12. The summed E-state index contributed by atoms with van der Waals surface area (Å²) < 4.78 is 10.5. The molecule has 5 nitrogen and oxygen atoms in total. The van der Waals surface area contributed by atoms with Gasteiger partial charge >= 0.3 is 5.97 Å². The smallest absolute Gasteiger partial charge is 0.339 e. The number of fused-ring (bicyclic) bond motifs is 1. The van der Waals surface area contributed by atoms with E-state index in [0.29, 0.717) is 38.5 Å². The number of aromatic nitrogens is 1. The highest BCUT2D eigenvalue weighted by Gasteiger charge is 2.19. The number of esters is 1. The molecule has 0 saturated heterocycles. The van der Waals surface area contributed by atoms with Gasteiger partial charge in [0.25, 0.3) is 0 Å². The van der Waals surface area contributed by atoms with E-state index in [1.165, 1.54) is 0 Å². The number of ether oxygens (including phenoxy) is 2. The molecule has 0 aliphatic heterocycles. The van der Waals surface area contributed by atoms with E-state index < -0.39 is 5.97 Å². The molecule has 6 heteroatoms. The molecule has 4 rings (SSSR count). The number of Topliss-reactive ketones (excluding diaryl/α,β-unsaturated/α-hetero) is 1. The van der Waals surface area contributed by atoms with E-state index in [1.807, 2.05) is 38.1 Å². The second-order valence-electron chi connectivity index (χ2n) is 7.72. The average Bonchev–Trinajstić information content (AvgIpc) is 2.84. The van der Waals surface area contributed by atoms with E-state index in [4.69, 9.17) is 26.1 Å². The Morgan fingerprint density at radius 3 is 2.30 bits per heavy atom. The molecule has 1 aromatic heterocycles. The molecule has 0 radical (unpaired) electrons. The first-order valence-corrected chi connectivity index (χ1v) is 10.8. The Kier molecular flexibility index (Phi) is 6.43. The maximum atomic E-state index is 13.1. The van der Waals surface area contributed by atoms with Gasteiger partial charge in [-0.05, 0) is 55.8 Å². The van der Waals surface area contributed by atoms with Crippen molar-refractivity contribution in [2.45, 2.75) is 13.8 Å². The van der Waals surface area contributed by atoms with Crippen molar-refractivity contribution >= 4 is 34.3 Å². The molecule has 0 amide bonds. The summed E-state index contributed by atoms with van der Waals surface area (Å²) in [6.45, 7) is 3.49. The third-order valence-electron chi connectivity index (χ3n) is 5.48. The molecule has 0 fully saturated rings. The number of rotatable bonds is 6. The topological polar surface area (TPSA) is 65.5 Å². The van der Waals surface area contributed by atoms with Gasteiger partial charge in [-0.1, -0.05) is 47.5 Å². The summed E-state index contributed by atoms with van der Waals surface area (Å²) in [5.74, 6) is -0.258. The van der Waals surface area contributed by atoms with Crippen molar-refractivity contribution in [3.05, 3.63) is 94.0 Å². The van der Waals surface area contributed by atoms with Gasteiger partial charge in [-0.15, -0.1) is 0 Å². The van der Waals surface area contributed by atoms with E-state index >= 15 is 0 Å². The van der Waals surface area contributed by atoms with Gasteiger partial charge in [-0.2, -0.15) is 0 Å². The largest absolute Gasteiger partial charge is 0.497 e. The maximum Gasteiger partial charge on any atom is 0.339 e. The molecule has 0 aliphatic rings. The molecular weight excluding hydrogens is 438 g/mol. The minimum Gasteiger partial charge on any atom is -0.497 e. The molecule has 0 aliphatic carbocycles. The Morgan fingerprint density at radius 2 is 1.64 bits per heavy atom. The summed E-state index contributed by atoms with van der Waals surface area (Å²) in [4.78, 5) is 30.4. The monoisotopic (exact) mass is 459 g/mol. The number of hydrogen-bond acceptors (Lipinski definition) is 5. The average molecular weight is 460 g/mol. The number of aryl methyl sites for hydroxylation is 2. The zero-order valence-corrected chi connectivity index (χ0v) is 19.3. The van der Waals surface area contributed by atoms with Crippen LogP contribution in [-0.4, -0.2) is 30.5 Å². The highest BCUT2D eigenvalue weighted by molar-refractivity contribution is 6.32. The lowest BCUT2D eigenvalue weighted by molar-refractivity contribution is 0.0476. The molecule has 4 aromatic rings. The second kappa shape index (κ2) is 9.43. The van der Waals surface area contributed by atoms with Crippen molar-refractivity contribution in [1.29, 1.82) is 0 Å². The van der Waals surface area contributed by atoms with E-state index in [2.05, 4.69) is 0 Å². The highest BCUT2D eigenvalue weighted by Crippen LogP contribution is 2.30. The zero-order chi connectivity index (χ0) is 23.5. The van der Waals surface area contributed by atoms with E-state index in [1.54, 1.807) is 49.6 Å². The molecule has 0 spiro atoms. The summed E-state index contributed by atoms with van der Waals surface area (Å²) in [5, 5.41) is 1.18. The van der Waals surface area contributed by atoms with E-state index in [-0.39, 0.29) is 12.4 Å². The lowest BCUT2D eigenvalue weighted by Crippen LogP contribution is -2.15. The van der Waals surface area contributed by atoms with Crippen LogP contribution in [0.1, 0.15) is 31.8 Å². The lowest BCUT2D eigenvalue weighted by atomic mass is 10.0.